The molecule has 0 fully saturated rings. The van der Waals surface area contributed by atoms with E-state index in [9.17, 15) is 0 Å². The monoisotopic (exact) mass is 272 g/mol. The molecule has 4 nitrogen and oxygen atoms in total. The fraction of sp³-hybridized carbons (Fsp3) is 0.500. The maximum atomic E-state index is 6.27. The molecule has 1 unspecified atom stereocenters. The quantitative estimate of drug-likeness (QED) is 0.878. The summed E-state index contributed by atoms with van der Waals surface area (Å²) < 4.78 is 2.07. The van der Waals surface area contributed by atoms with E-state index in [0.717, 1.165) is 36.2 Å². The lowest BCUT2D eigenvalue weighted by molar-refractivity contribution is 0.424. The van der Waals surface area contributed by atoms with Gasteiger partial charge in [0.2, 0.25) is 0 Å². The van der Waals surface area contributed by atoms with Gasteiger partial charge >= 0.3 is 0 Å². The predicted molar refractivity (Wildman–Crippen MR) is 81.5 cm³/mol. The van der Waals surface area contributed by atoms with E-state index in [-0.39, 0.29) is 6.04 Å². The average Bonchev–Trinajstić information content (AvgIpc) is 2.88. The van der Waals surface area contributed by atoms with Crippen LogP contribution in [0.4, 0.5) is 0 Å². The highest BCUT2D eigenvalue weighted by Gasteiger charge is 2.12. The van der Waals surface area contributed by atoms with Gasteiger partial charge < -0.3 is 5.73 Å². The first-order valence-corrected chi connectivity index (χ1v) is 7.36. The van der Waals surface area contributed by atoms with Crippen LogP contribution >= 0.6 is 0 Å². The van der Waals surface area contributed by atoms with Crippen LogP contribution in [0, 0.1) is 6.92 Å². The Balaban J connectivity index is 2.06. The highest BCUT2D eigenvalue weighted by Crippen LogP contribution is 2.18. The van der Waals surface area contributed by atoms with E-state index in [2.05, 4.69) is 40.9 Å². The van der Waals surface area contributed by atoms with E-state index in [1.165, 1.54) is 0 Å². The van der Waals surface area contributed by atoms with Crippen molar-refractivity contribution in [2.75, 3.05) is 0 Å². The average molecular weight is 272 g/mol. The van der Waals surface area contributed by atoms with Gasteiger partial charge in [0.15, 0.2) is 0 Å². The fourth-order valence-electron chi connectivity index (χ4n) is 2.49. The summed E-state index contributed by atoms with van der Waals surface area (Å²) in [7, 11) is 0. The van der Waals surface area contributed by atoms with Gasteiger partial charge in [-0.1, -0.05) is 13.8 Å². The Bertz CT molecular complexity index is 543. The highest BCUT2D eigenvalue weighted by molar-refractivity contribution is 5.20. The van der Waals surface area contributed by atoms with Crippen molar-refractivity contribution in [3.8, 4) is 0 Å². The second kappa shape index (κ2) is 6.66. The smallest absolute Gasteiger partial charge is 0.0643 e. The molecule has 0 radical (unpaired) electrons. The lowest BCUT2D eigenvalue weighted by atomic mass is 10.0. The molecule has 0 aliphatic rings. The molecule has 0 aliphatic heterocycles. The van der Waals surface area contributed by atoms with Crippen LogP contribution in [0.1, 0.15) is 55.7 Å². The van der Waals surface area contributed by atoms with Gasteiger partial charge in [-0.3, -0.25) is 9.67 Å². The molecular weight excluding hydrogens is 248 g/mol. The first-order chi connectivity index (χ1) is 9.63. The van der Waals surface area contributed by atoms with Crippen LogP contribution in [0.5, 0.6) is 0 Å². The van der Waals surface area contributed by atoms with E-state index in [4.69, 9.17) is 5.73 Å². The van der Waals surface area contributed by atoms with Crippen molar-refractivity contribution in [2.45, 2.75) is 52.1 Å². The van der Waals surface area contributed by atoms with Gasteiger partial charge in [0.25, 0.3) is 0 Å². The van der Waals surface area contributed by atoms with Gasteiger partial charge in [-0.15, -0.1) is 0 Å². The molecule has 0 bridgehead atoms. The zero-order chi connectivity index (χ0) is 14.5. The molecule has 20 heavy (non-hydrogen) atoms. The third-order valence-electron chi connectivity index (χ3n) is 3.76. The Morgan fingerprint density at radius 2 is 2.00 bits per heavy atom. The van der Waals surface area contributed by atoms with Crippen molar-refractivity contribution in [3.05, 3.63) is 47.5 Å². The van der Waals surface area contributed by atoms with Crippen molar-refractivity contribution in [1.82, 2.24) is 14.8 Å². The van der Waals surface area contributed by atoms with E-state index in [0.29, 0.717) is 6.04 Å². The van der Waals surface area contributed by atoms with Crippen LogP contribution in [0.15, 0.2) is 30.6 Å². The molecule has 0 saturated carbocycles. The predicted octanol–water partition coefficient (Wildman–Crippen LogP) is 3.19. The summed E-state index contributed by atoms with van der Waals surface area (Å²) in [6.45, 7) is 6.38. The number of aromatic nitrogens is 3. The second-order valence-corrected chi connectivity index (χ2v) is 5.30. The van der Waals surface area contributed by atoms with Gasteiger partial charge in [0, 0.05) is 30.6 Å². The SMILES string of the molecule is CCC(CC)n1ccc(CC(N)c2ccnc(C)c2)n1. The summed E-state index contributed by atoms with van der Waals surface area (Å²) >= 11 is 0. The number of hydrogen-bond acceptors (Lipinski definition) is 3. The third kappa shape index (κ3) is 3.45. The van der Waals surface area contributed by atoms with Crippen LogP contribution < -0.4 is 5.73 Å². The van der Waals surface area contributed by atoms with Crippen LogP contribution in [-0.2, 0) is 6.42 Å². The zero-order valence-corrected chi connectivity index (χ0v) is 12.6. The van der Waals surface area contributed by atoms with E-state index in [1.807, 2.05) is 25.3 Å². The van der Waals surface area contributed by atoms with E-state index in [1.54, 1.807) is 0 Å². The van der Waals surface area contributed by atoms with Crippen molar-refractivity contribution in [2.24, 2.45) is 5.73 Å². The molecule has 1 atom stereocenters. The minimum Gasteiger partial charge on any atom is -0.324 e. The molecule has 2 heterocycles. The maximum absolute atomic E-state index is 6.27. The first kappa shape index (κ1) is 14.7. The highest BCUT2D eigenvalue weighted by atomic mass is 15.3. The second-order valence-electron chi connectivity index (χ2n) is 5.30. The van der Waals surface area contributed by atoms with Gasteiger partial charge in [-0.2, -0.15) is 5.10 Å². The minimum atomic E-state index is -0.0262. The van der Waals surface area contributed by atoms with Crippen LogP contribution in [0.3, 0.4) is 0 Å². The molecule has 0 saturated heterocycles. The van der Waals surface area contributed by atoms with Crippen molar-refractivity contribution in [3.63, 3.8) is 0 Å². The Labute approximate surface area is 121 Å². The lowest BCUT2D eigenvalue weighted by Crippen LogP contribution is -2.15. The molecule has 2 N–H and O–H groups in total. The third-order valence-corrected chi connectivity index (χ3v) is 3.76. The largest absolute Gasteiger partial charge is 0.324 e. The maximum Gasteiger partial charge on any atom is 0.0643 e. The van der Waals surface area contributed by atoms with Crippen LogP contribution in [-0.4, -0.2) is 14.8 Å². The molecule has 108 valence electrons. The summed E-state index contributed by atoms with van der Waals surface area (Å²) in [5.41, 5.74) is 9.44. The number of rotatable bonds is 6. The number of nitrogens with zero attached hydrogens (tertiary/aromatic N) is 3. The Morgan fingerprint density at radius 3 is 2.65 bits per heavy atom. The summed E-state index contributed by atoms with van der Waals surface area (Å²) in [4.78, 5) is 4.20. The lowest BCUT2D eigenvalue weighted by Gasteiger charge is -2.13. The molecule has 0 aromatic carbocycles. The Morgan fingerprint density at radius 1 is 1.25 bits per heavy atom. The fourth-order valence-corrected chi connectivity index (χ4v) is 2.49. The number of pyridine rings is 1. The van der Waals surface area contributed by atoms with Gasteiger partial charge in [0.05, 0.1) is 11.7 Å². The van der Waals surface area contributed by atoms with Crippen molar-refractivity contribution in [1.29, 1.82) is 0 Å². The standard InChI is InChI=1S/C16H24N4/c1-4-15(5-2)20-9-7-14(19-20)11-16(17)13-6-8-18-12(3)10-13/h6-10,15-16H,4-5,11,17H2,1-3H3. The summed E-state index contributed by atoms with van der Waals surface area (Å²) in [6, 6.07) is 6.56. The summed E-state index contributed by atoms with van der Waals surface area (Å²) in [5.74, 6) is 0. The van der Waals surface area contributed by atoms with Crippen molar-refractivity contribution < 1.29 is 0 Å². The first-order valence-electron chi connectivity index (χ1n) is 7.36. The molecule has 4 heteroatoms. The van der Waals surface area contributed by atoms with Crippen LogP contribution in [0.2, 0.25) is 0 Å². The van der Waals surface area contributed by atoms with Gasteiger partial charge in [-0.25, -0.2) is 0 Å². The zero-order valence-electron chi connectivity index (χ0n) is 12.6. The molecule has 0 amide bonds. The molecule has 2 aromatic heterocycles. The summed E-state index contributed by atoms with van der Waals surface area (Å²) in [5, 5.41) is 4.66. The van der Waals surface area contributed by atoms with Gasteiger partial charge in [-0.05, 0) is 43.5 Å². The van der Waals surface area contributed by atoms with E-state index < -0.39 is 0 Å². The number of nitrogens with two attached hydrogens (primary N) is 1. The van der Waals surface area contributed by atoms with Crippen LogP contribution in [0.25, 0.3) is 0 Å². The normalized spacial score (nSPS) is 12.8. The topological polar surface area (TPSA) is 56.7 Å². The molecular formula is C16H24N4. The summed E-state index contributed by atoms with van der Waals surface area (Å²) in [6.07, 6.45) is 6.85. The van der Waals surface area contributed by atoms with Gasteiger partial charge in [0.1, 0.15) is 0 Å². The Hall–Kier alpha value is -1.68. The Kier molecular flexibility index (Phi) is 4.90. The molecule has 0 aliphatic carbocycles. The molecule has 0 spiro atoms. The number of hydrogen-bond donors (Lipinski definition) is 1. The molecule has 2 aromatic rings. The molecule has 2 rings (SSSR count). The minimum absolute atomic E-state index is 0.0262. The van der Waals surface area contributed by atoms with E-state index >= 15 is 0 Å². The number of aryl methyl sites for hydroxylation is 1. The van der Waals surface area contributed by atoms with Crippen molar-refractivity contribution >= 4 is 0 Å².